The minimum Gasteiger partial charge on any atom is -0.492 e. The highest BCUT2D eigenvalue weighted by atomic mass is 32.2. The number of fused-ring (bicyclic) bond motifs is 1. The molecule has 0 bridgehead atoms. The molecule has 2 heterocycles. The van der Waals surface area contributed by atoms with Crippen molar-refractivity contribution in [1.82, 2.24) is 30.6 Å². The van der Waals surface area contributed by atoms with Gasteiger partial charge in [-0.3, -0.25) is 9.59 Å². The van der Waals surface area contributed by atoms with Crippen LogP contribution < -0.4 is 21.7 Å². The molecule has 42 heavy (non-hydrogen) atoms. The van der Waals surface area contributed by atoms with Crippen LogP contribution in [0.15, 0.2) is 43.1 Å². The number of nitrogens with one attached hydrogen (secondary N) is 3. The van der Waals surface area contributed by atoms with Crippen molar-refractivity contribution in [2.45, 2.75) is 31.5 Å². The summed E-state index contributed by atoms with van der Waals surface area (Å²) < 4.78 is 4.71. The zero-order chi connectivity index (χ0) is 30.6. The normalized spacial score (nSPS) is 12.1. The molecule has 0 aliphatic rings. The maximum atomic E-state index is 12.7. The first kappa shape index (κ1) is 31.5. The number of aliphatic carboxylic acids is 1. The molecule has 0 radical (unpaired) electrons. The number of ether oxygens (including phenoxy) is 1. The minimum absolute atomic E-state index is 0.104. The average molecular weight is 599 g/mol. The number of amides is 2. The van der Waals surface area contributed by atoms with Crippen LogP contribution in [-0.2, 0) is 25.7 Å². The monoisotopic (exact) mass is 598 g/mol. The summed E-state index contributed by atoms with van der Waals surface area (Å²) in [7, 11) is 1.21. The Hall–Kier alpha value is -4.99. The van der Waals surface area contributed by atoms with E-state index in [0.29, 0.717) is 17.1 Å². The van der Waals surface area contributed by atoms with Gasteiger partial charge in [0.15, 0.2) is 11.2 Å². The van der Waals surface area contributed by atoms with E-state index in [2.05, 4.69) is 42.5 Å². The van der Waals surface area contributed by atoms with E-state index in [9.17, 15) is 29.4 Å². The Morgan fingerprint density at radius 2 is 1.86 bits per heavy atom. The lowest BCUT2D eigenvalue weighted by Crippen LogP contribution is -2.45. The molecular weight excluding hydrogens is 568 g/mol. The molecule has 7 N–H and O–H groups in total. The van der Waals surface area contributed by atoms with Gasteiger partial charge in [-0.1, -0.05) is 6.08 Å². The molecule has 0 aliphatic carbocycles. The lowest BCUT2D eigenvalue weighted by atomic mass is 10.1. The van der Waals surface area contributed by atoms with Crippen molar-refractivity contribution < 1.29 is 34.1 Å². The molecule has 2 aromatic heterocycles. The molecular formula is C26H30N8O7S. The fourth-order valence-corrected chi connectivity index (χ4v) is 4.34. The van der Waals surface area contributed by atoms with E-state index in [4.69, 9.17) is 10.5 Å². The van der Waals surface area contributed by atoms with E-state index in [0.717, 1.165) is 0 Å². The van der Waals surface area contributed by atoms with Gasteiger partial charge in [-0.15, -0.1) is 6.58 Å². The third-order valence-corrected chi connectivity index (χ3v) is 6.72. The first-order chi connectivity index (χ1) is 20.1. The molecule has 3 aromatic rings. The first-order valence-corrected chi connectivity index (χ1v) is 13.7. The third kappa shape index (κ3) is 9.02. The van der Waals surface area contributed by atoms with Gasteiger partial charge in [0.1, 0.15) is 12.1 Å². The highest BCUT2D eigenvalue weighted by molar-refractivity contribution is 7.99. The Morgan fingerprint density at radius 3 is 2.52 bits per heavy atom. The number of aromatic hydroxyl groups is 1. The summed E-state index contributed by atoms with van der Waals surface area (Å²) in [6.07, 6.45) is 2.69. The summed E-state index contributed by atoms with van der Waals surface area (Å²) in [4.78, 5) is 64.7. The smallest absolute Gasteiger partial charge is 0.329 e. The Bertz CT molecular complexity index is 1450. The van der Waals surface area contributed by atoms with Gasteiger partial charge in [0.25, 0.3) is 5.91 Å². The van der Waals surface area contributed by atoms with Crippen LogP contribution in [0.4, 0.5) is 11.6 Å². The van der Waals surface area contributed by atoms with Crippen LogP contribution in [0.1, 0.15) is 28.9 Å². The fourth-order valence-electron chi connectivity index (χ4n) is 3.58. The predicted octanol–water partition coefficient (Wildman–Crippen LogP) is 0.860. The van der Waals surface area contributed by atoms with Crippen LogP contribution >= 0.6 is 11.8 Å². The van der Waals surface area contributed by atoms with Gasteiger partial charge < -0.3 is 36.6 Å². The molecule has 3 rings (SSSR count). The average Bonchev–Trinajstić information content (AvgIpc) is 2.97. The predicted molar refractivity (Wildman–Crippen MR) is 155 cm³/mol. The molecule has 1 aromatic carbocycles. The number of carbonyl (C=O) groups excluding carboxylic acids is 3. The maximum Gasteiger partial charge on any atom is 0.329 e. The van der Waals surface area contributed by atoms with Gasteiger partial charge in [-0.2, -0.15) is 21.7 Å². The number of hydrogen-bond acceptors (Lipinski definition) is 13. The maximum absolute atomic E-state index is 12.7. The van der Waals surface area contributed by atoms with Crippen LogP contribution in [0, 0.1) is 0 Å². The molecule has 0 spiro atoms. The molecule has 0 aliphatic heterocycles. The number of anilines is 2. The highest BCUT2D eigenvalue weighted by Crippen LogP contribution is 2.19. The topological polar surface area (TPSA) is 232 Å². The van der Waals surface area contributed by atoms with Crippen molar-refractivity contribution in [3.8, 4) is 5.88 Å². The van der Waals surface area contributed by atoms with E-state index >= 15 is 0 Å². The number of carboxylic acid groups (broad SMARTS) is 1. The van der Waals surface area contributed by atoms with Crippen molar-refractivity contribution in [3.05, 3.63) is 54.4 Å². The van der Waals surface area contributed by atoms with Crippen LogP contribution in [-0.4, -0.2) is 84.6 Å². The number of carboxylic acids is 1. The van der Waals surface area contributed by atoms with E-state index in [1.54, 1.807) is 18.2 Å². The van der Waals surface area contributed by atoms with Crippen LogP contribution in [0.3, 0.4) is 0 Å². The summed E-state index contributed by atoms with van der Waals surface area (Å²) >= 11 is 1.37. The lowest BCUT2D eigenvalue weighted by molar-refractivity contribution is -0.144. The number of carbonyl (C=O) groups is 4. The van der Waals surface area contributed by atoms with Crippen molar-refractivity contribution in [2.24, 2.45) is 0 Å². The van der Waals surface area contributed by atoms with Gasteiger partial charge in [0.2, 0.25) is 17.7 Å². The van der Waals surface area contributed by atoms with E-state index < -0.39 is 35.8 Å². The summed E-state index contributed by atoms with van der Waals surface area (Å²) in [6.45, 7) is 3.82. The second-order valence-electron chi connectivity index (χ2n) is 8.74. The van der Waals surface area contributed by atoms with Gasteiger partial charge in [-0.05, 0) is 30.7 Å². The Kier molecular flexibility index (Phi) is 11.4. The van der Waals surface area contributed by atoms with Crippen molar-refractivity contribution in [1.29, 1.82) is 0 Å². The number of thioether (sulfide) groups is 1. The Morgan fingerprint density at radius 1 is 1.12 bits per heavy atom. The van der Waals surface area contributed by atoms with Crippen molar-refractivity contribution >= 4 is 58.3 Å². The number of benzene rings is 1. The zero-order valence-electron chi connectivity index (χ0n) is 22.6. The summed E-state index contributed by atoms with van der Waals surface area (Å²) in [5, 5.41) is 27.5. The minimum atomic E-state index is -1.34. The zero-order valence-corrected chi connectivity index (χ0v) is 23.4. The largest absolute Gasteiger partial charge is 0.492 e. The quantitative estimate of drug-likeness (QED) is 0.0809. The Balaban J connectivity index is 1.53. The highest BCUT2D eigenvalue weighted by Gasteiger charge is 2.25. The molecule has 2 unspecified atom stereocenters. The molecule has 0 saturated carbocycles. The third-order valence-electron chi connectivity index (χ3n) is 5.68. The second kappa shape index (κ2) is 15.1. The SMILES string of the molecule is C=CCSCC(NC(=O)CCC(NC(=O)c1ccc(NCc2cnc3nc(N)nc(O)c3n2)cc1)C(=O)O)C(=O)OC. The number of aromatic nitrogens is 4. The second-order valence-corrected chi connectivity index (χ2v) is 9.82. The molecule has 15 nitrogen and oxygen atoms in total. The van der Waals surface area contributed by atoms with E-state index in [1.807, 2.05) is 0 Å². The number of nitrogen functional groups attached to an aromatic ring is 1. The van der Waals surface area contributed by atoms with Crippen LogP contribution in [0.25, 0.3) is 11.2 Å². The summed E-state index contributed by atoms with van der Waals surface area (Å²) in [5.41, 5.74) is 7.06. The van der Waals surface area contributed by atoms with Crippen molar-refractivity contribution in [3.63, 3.8) is 0 Å². The molecule has 0 saturated heterocycles. The Labute approximate surface area is 244 Å². The molecule has 2 atom stereocenters. The number of nitrogens with two attached hydrogens (primary N) is 1. The van der Waals surface area contributed by atoms with Gasteiger partial charge >= 0.3 is 11.9 Å². The molecule has 2 amide bonds. The molecule has 222 valence electrons. The van der Waals surface area contributed by atoms with Crippen LogP contribution in [0.2, 0.25) is 0 Å². The number of esters is 1. The van der Waals surface area contributed by atoms with Gasteiger partial charge in [-0.25, -0.2) is 19.6 Å². The summed E-state index contributed by atoms with van der Waals surface area (Å²) in [5.74, 6) is -2.79. The number of rotatable bonds is 15. The van der Waals surface area contributed by atoms with E-state index in [1.165, 1.54) is 37.2 Å². The number of methoxy groups -OCH3 is 1. The fraction of sp³-hybridized carbons (Fsp3) is 0.308. The lowest BCUT2D eigenvalue weighted by Gasteiger charge is -2.18. The van der Waals surface area contributed by atoms with E-state index in [-0.39, 0.29) is 53.7 Å². The number of nitrogens with zero attached hydrogens (tertiary/aromatic N) is 4. The van der Waals surface area contributed by atoms with Crippen LogP contribution in [0.5, 0.6) is 5.88 Å². The molecule has 16 heteroatoms. The van der Waals surface area contributed by atoms with Gasteiger partial charge in [0.05, 0.1) is 25.5 Å². The summed E-state index contributed by atoms with van der Waals surface area (Å²) in [6, 6.07) is 4.00. The van der Waals surface area contributed by atoms with Gasteiger partial charge in [0, 0.05) is 29.2 Å². The molecule has 0 fully saturated rings. The number of hydrogen-bond donors (Lipinski definition) is 6. The first-order valence-electron chi connectivity index (χ1n) is 12.5. The standard InChI is InChI=1S/C26H30N8O7S/c1-3-10-42-13-18(25(40)41-2)31-19(35)9-8-17(24(38)39)32-22(36)14-4-6-15(7-5-14)28-11-16-12-29-21-20(30-16)23(37)34-26(27)33-21/h3-7,12,17-18,28H,1,8-11,13H2,2H3,(H,31,35)(H,32,36)(H,38,39)(H3,27,29,33,34,37). The van der Waals surface area contributed by atoms with Crippen molar-refractivity contribution in [2.75, 3.05) is 29.7 Å².